The molecule has 1 heterocycles. The molecule has 0 aromatic carbocycles. The smallest absolute Gasteiger partial charge is 0.236 e. The second-order valence-corrected chi connectivity index (χ2v) is 4.84. The molecule has 1 rings (SSSR count). The minimum absolute atomic E-state index is 0.0840. The van der Waals surface area contributed by atoms with Crippen molar-refractivity contribution in [2.75, 3.05) is 19.8 Å². The molecule has 0 aromatic rings. The average Bonchev–Trinajstić information content (AvgIpc) is 2.15. The highest BCUT2D eigenvalue weighted by atomic mass is 16.5. The highest BCUT2D eigenvalue weighted by Gasteiger charge is 2.33. The molecule has 1 aliphatic heterocycles. The number of hydrogen-bond acceptors (Lipinski definition) is 3. The second-order valence-electron chi connectivity index (χ2n) is 4.84. The molecule has 0 aromatic heterocycles. The molecule has 1 fully saturated rings. The van der Waals surface area contributed by atoms with E-state index in [2.05, 4.69) is 24.7 Å². The van der Waals surface area contributed by atoms with Crippen LogP contribution in [0.1, 0.15) is 33.6 Å². The monoisotopic (exact) mass is 214 g/mol. The fourth-order valence-electron chi connectivity index (χ4n) is 1.58. The largest absolute Gasteiger partial charge is 0.380 e. The van der Waals surface area contributed by atoms with Gasteiger partial charge in [0.05, 0.1) is 13.2 Å². The van der Waals surface area contributed by atoms with Crippen molar-refractivity contribution in [3.8, 4) is 0 Å². The van der Waals surface area contributed by atoms with Gasteiger partial charge >= 0.3 is 0 Å². The van der Waals surface area contributed by atoms with Gasteiger partial charge in [-0.1, -0.05) is 27.2 Å². The maximum absolute atomic E-state index is 11.5. The van der Waals surface area contributed by atoms with E-state index in [4.69, 9.17) is 4.74 Å². The van der Waals surface area contributed by atoms with Crippen LogP contribution in [0.2, 0.25) is 0 Å². The third kappa shape index (κ3) is 3.80. The lowest BCUT2D eigenvalue weighted by molar-refractivity contribution is -0.127. The fraction of sp³-hybridized carbons (Fsp3) is 0.909. The third-order valence-electron chi connectivity index (χ3n) is 2.80. The predicted octanol–water partition coefficient (Wildman–Crippen LogP) is 1.08. The van der Waals surface area contributed by atoms with Gasteiger partial charge in [0.25, 0.3) is 0 Å². The van der Waals surface area contributed by atoms with Gasteiger partial charge in [0, 0.05) is 17.9 Å². The zero-order valence-corrected chi connectivity index (χ0v) is 9.93. The Labute approximate surface area is 91.7 Å². The third-order valence-corrected chi connectivity index (χ3v) is 2.80. The van der Waals surface area contributed by atoms with Gasteiger partial charge < -0.3 is 4.74 Å². The van der Waals surface area contributed by atoms with Gasteiger partial charge in [-0.3, -0.25) is 10.2 Å². The first-order chi connectivity index (χ1) is 7.07. The van der Waals surface area contributed by atoms with E-state index in [-0.39, 0.29) is 17.2 Å². The van der Waals surface area contributed by atoms with Crippen molar-refractivity contribution in [3.05, 3.63) is 0 Å². The van der Waals surface area contributed by atoms with Crippen molar-refractivity contribution in [1.82, 2.24) is 10.9 Å². The molecule has 0 bridgehead atoms. The van der Waals surface area contributed by atoms with Crippen molar-refractivity contribution < 1.29 is 9.53 Å². The van der Waals surface area contributed by atoms with Crippen LogP contribution < -0.4 is 10.9 Å². The first-order valence-electron chi connectivity index (χ1n) is 5.68. The molecule has 4 heteroatoms. The Balaban J connectivity index is 2.11. The molecule has 1 amide bonds. The predicted molar refractivity (Wildman–Crippen MR) is 59.1 cm³/mol. The van der Waals surface area contributed by atoms with Crippen molar-refractivity contribution in [2.45, 2.75) is 33.6 Å². The Kier molecular flexibility index (Phi) is 4.54. The lowest BCUT2D eigenvalue weighted by Gasteiger charge is -2.38. The lowest BCUT2D eigenvalue weighted by atomic mass is 9.89. The molecule has 1 unspecified atom stereocenters. The SMILES string of the molecule is CCCC(C)C(=O)NNCC1(C)COC1. The number of amides is 1. The first-order valence-corrected chi connectivity index (χ1v) is 5.68. The molecule has 4 nitrogen and oxygen atoms in total. The number of hydrogen-bond donors (Lipinski definition) is 2. The van der Waals surface area contributed by atoms with Crippen LogP contribution in [0.3, 0.4) is 0 Å². The molecule has 15 heavy (non-hydrogen) atoms. The number of rotatable bonds is 6. The van der Waals surface area contributed by atoms with Crippen LogP contribution in [-0.2, 0) is 9.53 Å². The van der Waals surface area contributed by atoms with Crippen molar-refractivity contribution in [3.63, 3.8) is 0 Å². The average molecular weight is 214 g/mol. The van der Waals surface area contributed by atoms with E-state index in [0.29, 0.717) is 0 Å². The summed E-state index contributed by atoms with van der Waals surface area (Å²) in [5, 5.41) is 0. The summed E-state index contributed by atoms with van der Waals surface area (Å²) in [6, 6.07) is 0. The standard InChI is InChI=1S/C11H22N2O2/c1-4-5-9(2)10(14)13-12-6-11(3)7-15-8-11/h9,12H,4-8H2,1-3H3,(H,13,14). The van der Waals surface area contributed by atoms with Gasteiger partial charge in [-0.05, 0) is 6.42 Å². The zero-order chi connectivity index (χ0) is 11.3. The highest BCUT2D eigenvalue weighted by molar-refractivity contribution is 5.77. The summed E-state index contributed by atoms with van der Waals surface area (Å²) in [5.41, 5.74) is 5.93. The molecule has 1 aliphatic rings. The van der Waals surface area contributed by atoms with E-state index in [1.54, 1.807) is 0 Å². The Bertz CT molecular complexity index is 215. The van der Waals surface area contributed by atoms with Gasteiger partial charge in [0.15, 0.2) is 0 Å². The topological polar surface area (TPSA) is 50.4 Å². The first kappa shape index (κ1) is 12.5. The molecular formula is C11H22N2O2. The van der Waals surface area contributed by atoms with Crippen molar-refractivity contribution in [1.29, 1.82) is 0 Å². The van der Waals surface area contributed by atoms with Gasteiger partial charge in [-0.25, -0.2) is 5.43 Å². The molecule has 0 spiro atoms. The Morgan fingerprint density at radius 1 is 1.53 bits per heavy atom. The maximum atomic E-state index is 11.5. The van der Waals surface area contributed by atoms with Gasteiger partial charge in [-0.15, -0.1) is 0 Å². The van der Waals surface area contributed by atoms with Crippen molar-refractivity contribution in [2.24, 2.45) is 11.3 Å². The van der Waals surface area contributed by atoms with E-state index in [9.17, 15) is 4.79 Å². The van der Waals surface area contributed by atoms with E-state index >= 15 is 0 Å². The van der Waals surface area contributed by atoms with Crippen LogP contribution in [0.25, 0.3) is 0 Å². The zero-order valence-electron chi connectivity index (χ0n) is 9.93. The van der Waals surface area contributed by atoms with E-state index in [1.807, 2.05) is 6.92 Å². The second kappa shape index (κ2) is 5.47. The van der Waals surface area contributed by atoms with Gasteiger partial charge in [0.2, 0.25) is 5.91 Å². The molecular weight excluding hydrogens is 192 g/mol. The summed E-state index contributed by atoms with van der Waals surface area (Å²) in [7, 11) is 0. The normalized spacial score (nSPS) is 20.5. The van der Waals surface area contributed by atoms with Crippen LogP contribution >= 0.6 is 0 Å². The lowest BCUT2D eigenvalue weighted by Crippen LogP contribution is -2.52. The number of hydrazine groups is 1. The van der Waals surface area contributed by atoms with Crippen molar-refractivity contribution >= 4 is 5.91 Å². The number of nitrogens with one attached hydrogen (secondary N) is 2. The van der Waals surface area contributed by atoms with Crippen LogP contribution in [0.15, 0.2) is 0 Å². The number of ether oxygens (including phenoxy) is 1. The summed E-state index contributed by atoms with van der Waals surface area (Å²) in [4.78, 5) is 11.5. The number of carbonyl (C=O) groups is 1. The molecule has 1 atom stereocenters. The quantitative estimate of drug-likeness (QED) is 0.650. The van der Waals surface area contributed by atoms with Gasteiger partial charge in [0.1, 0.15) is 0 Å². The van der Waals surface area contributed by atoms with E-state index in [1.165, 1.54) is 0 Å². The summed E-state index contributed by atoms with van der Waals surface area (Å²) in [6.45, 7) is 8.52. The minimum Gasteiger partial charge on any atom is -0.380 e. The fourth-order valence-corrected chi connectivity index (χ4v) is 1.58. The summed E-state index contributed by atoms with van der Waals surface area (Å²) >= 11 is 0. The Morgan fingerprint density at radius 2 is 2.20 bits per heavy atom. The van der Waals surface area contributed by atoms with E-state index < -0.39 is 0 Å². The maximum Gasteiger partial charge on any atom is 0.236 e. The Hall–Kier alpha value is -0.610. The van der Waals surface area contributed by atoms with Crippen LogP contribution in [0, 0.1) is 11.3 Å². The Morgan fingerprint density at radius 3 is 2.67 bits per heavy atom. The van der Waals surface area contributed by atoms with Crippen LogP contribution in [0.4, 0.5) is 0 Å². The molecule has 0 radical (unpaired) electrons. The molecule has 0 aliphatic carbocycles. The minimum atomic E-state index is 0.0840. The highest BCUT2D eigenvalue weighted by Crippen LogP contribution is 2.24. The number of carbonyl (C=O) groups excluding carboxylic acids is 1. The molecule has 1 saturated heterocycles. The van der Waals surface area contributed by atoms with E-state index in [0.717, 1.165) is 32.6 Å². The van der Waals surface area contributed by atoms with Gasteiger partial charge in [-0.2, -0.15) is 0 Å². The summed E-state index contributed by atoms with van der Waals surface area (Å²) < 4.78 is 5.13. The summed E-state index contributed by atoms with van der Waals surface area (Å²) in [6.07, 6.45) is 1.98. The van der Waals surface area contributed by atoms with Crippen LogP contribution in [-0.4, -0.2) is 25.7 Å². The molecule has 2 N–H and O–H groups in total. The molecule has 0 saturated carbocycles. The van der Waals surface area contributed by atoms with Crippen LogP contribution in [0.5, 0.6) is 0 Å². The molecule has 88 valence electrons. The summed E-state index contributed by atoms with van der Waals surface area (Å²) in [5.74, 6) is 0.175.